The van der Waals surface area contributed by atoms with Crippen LogP contribution in [0.1, 0.15) is 67.7 Å². The predicted molar refractivity (Wildman–Crippen MR) is 129 cm³/mol. The van der Waals surface area contributed by atoms with E-state index in [1.807, 2.05) is 0 Å². The molecule has 1 heterocycles. The highest BCUT2D eigenvalue weighted by Gasteiger charge is 2.40. The highest BCUT2D eigenvalue weighted by Crippen LogP contribution is 2.53. The molecule has 0 radical (unpaired) electrons. The summed E-state index contributed by atoms with van der Waals surface area (Å²) >= 11 is 0. The minimum absolute atomic E-state index is 0.0246. The van der Waals surface area contributed by atoms with Crippen molar-refractivity contribution < 1.29 is 23.4 Å². The van der Waals surface area contributed by atoms with Crippen LogP contribution in [0.3, 0.4) is 0 Å². The average molecular weight is 485 g/mol. The van der Waals surface area contributed by atoms with Crippen LogP contribution in [0, 0.1) is 23.5 Å². The minimum atomic E-state index is -0.940. The Labute approximate surface area is 205 Å². The SMILES string of the molecule is CC(=O)N[C@@H](Cc1cc(F)cc(F)c1)[C@H](O)CN[C@H]1CCOc2ccc(C3C[C@@H]4CC[C@H]3C4)cc21. The molecule has 0 spiro atoms. The Morgan fingerprint density at radius 1 is 1.11 bits per heavy atom. The van der Waals surface area contributed by atoms with Gasteiger partial charge in [0.15, 0.2) is 0 Å². The fraction of sp³-hybridized carbons (Fsp3) is 0.536. The minimum Gasteiger partial charge on any atom is -0.493 e. The summed E-state index contributed by atoms with van der Waals surface area (Å²) in [6, 6.07) is 9.19. The number of benzene rings is 2. The first-order valence-corrected chi connectivity index (χ1v) is 12.8. The average Bonchev–Trinajstić information content (AvgIpc) is 3.45. The second-order valence-corrected chi connectivity index (χ2v) is 10.5. The fourth-order valence-corrected chi connectivity index (χ4v) is 6.44. The monoisotopic (exact) mass is 484 g/mol. The molecule has 5 rings (SSSR count). The third-order valence-corrected chi connectivity index (χ3v) is 8.04. The summed E-state index contributed by atoms with van der Waals surface area (Å²) in [4.78, 5) is 11.8. The van der Waals surface area contributed by atoms with E-state index in [4.69, 9.17) is 4.74 Å². The van der Waals surface area contributed by atoms with Gasteiger partial charge in [-0.15, -0.1) is 0 Å². The Bertz CT molecular complexity index is 1060. The number of nitrogens with one attached hydrogen (secondary N) is 2. The number of fused-ring (bicyclic) bond motifs is 3. The maximum atomic E-state index is 13.7. The van der Waals surface area contributed by atoms with Crippen LogP contribution >= 0.6 is 0 Å². The van der Waals surface area contributed by atoms with Crippen LogP contribution in [0.15, 0.2) is 36.4 Å². The van der Waals surface area contributed by atoms with E-state index in [1.165, 1.54) is 50.3 Å². The molecule has 3 N–H and O–H groups in total. The van der Waals surface area contributed by atoms with Gasteiger partial charge in [-0.3, -0.25) is 4.79 Å². The molecule has 188 valence electrons. The molecule has 2 aromatic rings. The number of halogens is 2. The molecule has 0 saturated heterocycles. The fourth-order valence-electron chi connectivity index (χ4n) is 6.44. The Morgan fingerprint density at radius 2 is 1.91 bits per heavy atom. The van der Waals surface area contributed by atoms with Gasteiger partial charge in [0.25, 0.3) is 0 Å². The first kappa shape index (κ1) is 24.2. The van der Waals surface area contributed by atoms with E-state index in [1.54, 1.807) is 0 Å². The molecular formula is C28H34F2N2O3. The zero-order valence-electron chi connectivity index (χ0n) is 20.1. The summed E-state index contributed by atoms with van der Waals surface area (Å²) in [5, 5.41) is 17.1. The van der Waals surface area contributed by atoms with Crippen molar-refractivity contribution in [2.45, 2.75) is 69.6 Å². The molecule has 2 aliphatic carbocycles. The Hall–Kier alpha value is -2.51. The van der Waals surface area contributed by atoms with Gasteiger partial charge in [0.2, 0.25) is 5.91 Å². The van der Waals surface area contributed by atoms with Crippen molar-refractivity contribution in [1.82, 2.24) is 10.6 Å². The van der Waals surface area contributed by atoms with Crippen LogP contribution in [0.5, 0.6) is 5.75 Å². The third kappa shape index (κ3) is 5.51. The molecule has 7 heteroatoms. The van der Waals surface area contributed by atoms with Gasteiger partial charge >= 0.3 is 0 Å². The maximum Gasteiger partial charge on any atom is 0.217 e. The molecule has 1 amide bonds. The highest BCUT2D eigenvalue weighted by molar-refractivity contribution is 5.73. The number of hydrogen-bond acceptors (Lipinski definition) is 4. The van der Waals surface area contributed by atoms with E-state index < -0.39 is 23.8 Å². The van der Waals surface area contributed by atoms with E-state index in [0.29, 0.717) is 18.1 Å². The van der Waals surface area contributed by atoms with E-state index in [2.05, 4.69) is 28.8 Å². The van der Waals surface area contributed by atoms with Gasteiger partial charge in [-0.2, -0.15) is 0 Å². The summed E-state index contributed by atoms with van der Waals surface area (Å²) in [5.41, 5.74) is 2.89. The lowest BCUT2D eigenvalue weighted by molar-refractivity contribution is -0.120. The number of hydrogen-bond donors (Lipinski definition) is 3. The molecule has 1 unspecified atom stereocenters. The Kier molecular flexibility index (Phi) is 7.07. The zero-order valence-corrected chi connectivity index (χ0v) is 20.1. The van der Waals surface area contributed by atoms with Gasteiger partial charge in [-0.25, -0.2) is 8.78 Å². The smallest absolute Gasteiger partial charge is 0.217 e. The number of amides is 1. The number of rotatable bonds is 8. The molecule has 1 aliphatic heterocycles. The first-order chi connectivity index (χ1) is 16.9. The van der Waals surface area contributed by atoms with Gasteiger partial charge in [0.05, 0.1) is 18.8 Å². The largest absolute Gasteiger partial charge is 0.493 e. The maximum absolute atomic E-state index is 13.7. The Balaban J connectivity index is 1.27. The lowest BCUT2D eigenvalue weighted by Gasteiger charge is -2.31. The van der Waals surface area contributed by atoms with Gasteiger partial charge < -0.3 is 20.5 Å². The van der Waals surface area contributed by atoms with E-state index in [-0.39, 0.29) is 24.9 Å². The van der Waals surface area contributed by atoms with Crippen LogP contribution in [0.2, 0.25) is 0 Å². The first-order valence-electron chi connectivity index (χ1n) is 12.8. The zero-order chi connectivity index (χ0) is 24.5. The molecular weight excluding hydrogens is 450 g/mol. The molecule has 35 heavy (non-hydrogen) atoms. The van der Waals surface area contributed by atoms with Gasteiger partial charge in [-0.05, 0) is 72.8 Å². The second kappa shape index (κ2) is 10.2. The van der Waals surface area contributed by atoms with Gasteiger partial charge in [0.1, 0.15) is 17.4 Å². The van der Waals surface area contributed by atoms with Crippen molar-refractivity contribution in [2.75, 3.05) is 13.2 Å². The number of aliphatic hydroxyl groups excluding tert-OH is 1. The normalized spacial score (nSPS) is 26.6. The Morgan fingerprint density at radius 3 is 2.60 bits per heavy atom. The summed E-state index contributed by atoms with van der Waals surface area (Å²) in [6.07, 6.45) is 5.29. The summed E-state index contributed by atoms with van der Waals surface area (Å²) < 4.78 is 33.2. The highest BCUT2D eigenvalue weighted by atomic mass is 19.1. The molecule has 2 saturated carbocycles. The molecule has 5 nitrogen and oxygen atoms in total. The number of carbonyl (C=O) groups excluding carboxylic acids is 1. The topological polar surface area (TPSA) is 70.6 Å². The molecule has 2 bridgehead atoms. The summed E-state index contributed by atoms with van der Waals surface area (Å²) in [7, 11) is 0. The molecule has 2 aromatic carbocycles. The van der Waals surface area contributed by atoms with E-state index in [9.17, 15) is 18.7 Å². The summed E-state index contributed by atoms with van der Waals surface area (Å²) in [6.45, 7) is 2.18. The van der Waals surface area contributed by atoms with Crippen molar-refractivity contribution >= 4 is 5.91 Å². The van der Waals surface area contributed by atoms with Crippen molar-refractivity contribution in [2.24, 2.45) is 11.8 Å². The lowest BCUT2D eigenvalue weighted by atomic mass is 9.82. The number of ether oxygens (including phenoxy) is 1. The second-order valence-electron chi connectivity index (χ2n) is 10.5. The molecule has 0 aromatic heterocycles. The molecule has 3 aliphatic rings. The van der Waals surface area contributed by atoms with Crippen LogP contribution in [0.4, 0.5) is 8.78 Å². The standard InChI is InChI=1S/C28H34F2N2O3/c1-16(33)32-26(12-18-9-21(29)14-22(30)10-18)27(34)15-31-25-6-7-35-28-5-4-20(13-24(25)28)23-11-17-2-3-19(23)8-17/h4-5,9-10,13-14,17,19,23,25-27,31,34H,2-3,6-8,11-12,15H2,1H3,(H,32,33)/t17-,19+,23?,25+,26+,27-/m1/s1. The third-order valence-electron chi connectivity index (χ3n) is 8.04. The van der Waals surface area contributed by atoms with Crippen LogP contribution in [0.25, 0.3) is 0 Å². The number of aliphatic hydroxyl groups is 1. The summed E-state index contributed by atoms with van der Waals surface area (Å²) in [5.74, 6) is 1.50. The van der Waals surface area contributed by atoms with Crippen LogP contribution in [-0.4, -0.2) is 36.3 Å². The van der Waals surface area contributed by atoms with Gasteiger partial charge in [0, 0.05) is 37.6 Å². The van der Waals surface area contributed by atoms with Crippen molar-refractivity contribution in [3.63, 3.8) is 0 Å². The van der Waals surface area contributed by atoms with E-state index >= 15 is 0 Å². The van der Waals surface area contributed by atoms with Gasteiger partial charge in [-0.1, -0.05) is 18.6 Å². The quantitative estimate of drug-likeness (QED) is 0.520. The van der Waals surface area contributed by atoms with Crippen molar-refractivity contribution in [3.8, 4) is 5.75 Å². The van der Waals surface area contributed by atoms with Crippen LogP contribution in [-0.2, 0) is 11.2 Å². The predicted octanol–water partition coefficient (Wildman–Crippen LogP) is 4.39. The van der Waals surface area contributed by atoms with Crippen molar-refractivity contribution in [1.29, 1.82) is 0 Å². The van der Waals surface area contributed by atoms with E-state index in [0.717, 1.165) is 35.6 Å². The lowest BCUT2D eigenvalue weighted by Crippen LogP contribution is -2.48. The molecule has 6 atom stereocenters. The van der Waals surface area contributed by atoms with Crippen molar-refractivity contribution in [3.05, 3.63) is 64.7 Å². The van der Waals surface area contributed by atoms with Crippen LogP contribution < -0.4 is 15.4 Å². The molecule has 2 fully saturated rings. The number of carbonyl (C=O) groups is 1.